The van der Waals surface area contributed by atoms with Crippen molar-refractivity contribution in [3.63, 3.8) is 0 Å². The maximum atomic E-state index is 14.6. The second kappa shape index (κ2) is 10.4. The van der Waals surface area contributed by atoms with Gasteiger partial charge in [-0.25, -0.2) is 9.18 Å². The van der Waals surface area contributed by atoms with Crippen molar-refractivity contribution < 1.29 is 28.1 Å². The quantitative estimate of drug-likeness (QED) is 0.226. The smallest absolute Gasteiger partial charge is 0.335 e. The Labute approximate surface area is 244 Å². The van der Waals surface area contributed by atoms with Gasteiger partial charge in [-0.3, -0.25) is 0 Å². The molecule has 9 nitrogen and oxygen atoms in total. The molecule has 7 rings (SSSR count). The predicted molar refractivity (Wildman–Crippen MR) is 148 cm³/mol. The molecule has 3 aliphatic rings. The standard InChI is InChI=1S/C29H25Cl2FN4O5/c30-21-2-1-3-22(31)24(21)25-20(26(40-34-25)14-4-5-14)13-39-18-11-16-7-8-17(12-18)36(16)29-33-27(41-35-29)19-9-6-15(28(37)38)10-23(19)32/h1-3,6,9-10,14,16-18H,4-5,7-8,11-13H2,(H,37,38)/t16-,17+,18?. The third-order valence-corrected chi connectivity index (χ3v) is 8.84. The zero-order chi connectivity index (χ0) is 28.2. The molecule has 2 bridgehead atoms. The average Bonchev–Trinajstić information content (AvgIpc) is 3.42. The molecule has 2 aromatic carbocycles. The zero-order valence-electron chi connectivity index (χ0n) is 21.7. The number of aromatic nitrogens is 3. The number of carboxylic acids is 1. The molecule has 3 fully saturated rings. The first-order valence-corrected chi connectivity index (χ1v) is 14.3. The van der Waals surface area contributed by atoms with Crippen LogP contribution in [0.3, 0.4) is 0 Å². The first-order chi connectivity index (χ1) is 19.9. The van der Waals surface area contributed by atoms with E-state index in [0.717, 1.165) is 55.9 Å². The number of aromatic carboxylic acids is 1. The van der Waals surface area contributed by atoms with E-state index in [1.54, 1.807) is 18.2 Å². The number of rotatable bonds is 8. The molecule has 1 N–H and O–H groups in total. The van der Waals surface area contributed by atoms with E-state index in [4.69, 9.17) is 42.1 Å². The van der Waals surface area contributed by atoms with Gasteiger partial charge in [-0.15, -0.1) is 0 Å². The molecule has 12 heteroatoms. The van der Waals surface area contributed by atoms with Crippen LogP contribution in [-0.2, 0) is 11.3 Å². The lowest BCUT2D eigenvalue weighted by molar-refractivity contribution is 0.0144. The minimum absolute atomic E-state index is 0.00708. The number of nitrogens with zero attached hydrogens (tertiary/aromatic N) is 4. The van der Waals surface area contributed by atoms with Gasteiger partial charge in [-0.05, 0) is 74.0 Å². The average molecular weight is 599 g/mol. The zero-order valence-corrected chi connectivity index (χ0v) is 23.2. The SMILES string of the molecule is O=C(O)c1ccc(-c2nc(N3[C@@H]4CC[C@H]3CC(OCc3c(-c5c(Cl)cccc5Cl)noc3C3CC3)C4)no2)c(F)c1. The van der Waals surface area contributed by atoms with E-state index in [0.29, 0.717) is 39.8 Å². The van der Waals surface area contributed by atoms with E-state index >= 15 is 0 Å². The topological polar surface area (TPSA) is 115 Å². The summed E-state index contributed by atoms with van der Waals surface area (Å²) in [7, 11) is 0. The van der Waals surface area contributed by atoms with Gasteiger partial charge in [0.05, 0.1) is 33.9 Å². The van der Waals surface area contributed by atoms with Crippen molar-refractivity contribution in [2.24, 2.45) is 0 Å². The molecule has 212 valence electrons. The summed E-state index contributed by atoms with van der Waals surface area (Å²) < 4.78 is 32.3. The van der Waals surface area contributed by atoms with Crippen molar-refractivity contribution >= 4 is 35.1 Å². The van der Waals surface area contributed by atoms with Crippen LogP contribution in [0.4, 0.5) is 10.3 Å². The van der Waals surface area contributed by atoms with E-state index in [1.807, 2.05) is 0 Å². The fraction of sp³-hybridized carbons (Fsp3) is 0.379. The van der Waals surface area contributed by atoms with E-state index in [9.17, 15) is 9.18 Å². The second-order valence-electron chi connectivity index (χ2n) is 10.8. The molecule has 0 spiro atoms. The fourth-order valence-corrected chi connectivity index (χ4v) is 6.67. The summed E-state index contributed by atoms with van der Waals surface area (Å²) in [4.78, 5) is 17.7. The van der Waals surface area contributed by atoms with Gasteiger partial charge in [0.25, 0.3) is 11.8 Å². The van der Waals surface area contributed by atoms with Crippen LogP contribution in [0.25, 0.3) is 22.7 Å². The van der Waals surface area contributed by atoms with Gasteiger partial charge < -0.3 is 23.8 Å². The Morgan fingerprint density at radius 1 is 1.05 bits per heavy atom. The Balaban J connectivity index is 1.07. The minimum atomic E-state index is -1.21. The summed E-state index contributed by atoms with van der Waals surface area (Å²) in [6.45, 7) is 0.342. The maximum absolute atomic E-state index is 14.6. The number of hydrogen-bond donors (Lipinski definition) is 1. The summed E-state index contributed by atoms with van der Waals surface area (Å²) in [5.41, 5.74) is 2.10. The molecule has 4 aromatic rings. The lowest BCUT2D eigenvalue weighted by Crippen LogP contribution is -2.46. The molecule has 1 aliphatic carbocycles. The summed E-state index contributed by atoms with van der Waals surface area (Å²) in [6, 6.07) is 9.27. The molecule has 0 amide bonds. The van der Waals surface area contributed by atoms with Crippen molar-refractivity contribution in [3.05, 3.63) is 69.1 Å². The highest BCUT2D eigenvalue weighted by Gasteiger charge is 2.44. The Morgan fingerprint density at radius 3 is 2.44 bits per heavy atom. The number of halogens is 3. The number of fused-ring (bicyclic) bond motifs is 2. The molecule has 2 saturated heterocycles. The monoisotopic (exact) mass is 598 g/mol. The highest BCUT2D eigenvalue weighted by Crippen LogP contribution is 2.47. The lowest BCUT2D eigenvalue weighted by atomic mass is 9.99. The third-order valence-electron chi connectivity index (χ3n) is 8.21. The van der Waals surface area contributed by atoms with Crippen LogP contribution < -0.4 is 4.90 Å². The molecule has 1 unspecified atom stereocenters. The summed E-state index contributed by atoms with van der Waals surface area (Å²) >= 11 is 13.0. The normalized spacial score (nSPS) is 21.9. The second-order valence-corrected chi connectivity index (χ2v) is 11.7. The number of anilines is 1. The lowest BCUT2D eigenvalue weighted by Gasteiger charge is -2.37. The largest absolute Gasteiger partial charge is 0.478 e. The molecule has 41 heavy (non-hydrogen) atoms. The molecular formula is C29H25Cl2FN4O5. The van der Waals surface area contributed by atoms with Crippen molar-refractivity contribution in [1.82, 2.24) is 15.3 Å². The van der Waals surface area contributed by atoms with Crippen LogP contribution in [0.15, 0.2) is 45.4 Å². The van der Waals surface area contributed by atoms with Gasteiger partial charge in [0.15, 0.2) is 0 Å². The summed E-state index contributed by atoms with van der Waals surface area (Å²) in [5.74, 6) is -0.338. The highest BCUT2D eigenvalue weighted by molar-refractivity contribution is 6.39. The molecule has 2 aliphatic heterocycles. The summed E-state index contributed by atoms with van der Waals surface area (Å²) in [6.07, 6.45) is 5.57. The Hall–Kier alpha value is -3.47. The van der Waals surface area contributed by atoms with Crippen molar-refractivity contribution in [2.45, 2.75) is 69.2 Å². The Kier molecular flexibility index (Phi) is 6.72. The predicted octanol–water partition coefficient (Wildman–Crippen LogP) is 7.13. The number of benzene rings is 2. The highest BCUT2D eigenvalue weighted by atomic mass is 35.5. The number of piperidine rings is 1. The van der Waals surface area contributed by atoms with Crippen LogP contribution in [0, 0.1) is 5.82 Å². The van der Waals surface area contributed by atoms with Crippen LogP contribution in [0.2, 0.25) is 10.0 Å². The Bertz CT molecular complexity index is 1600. The fourth-order valence-electron chi connectivity index (χ4n) is 6.09. The van der Waals surface area contributed by atoms with Gasteiger partial charge in [0.2, 0.25) is 0 Å². The molecular weight excluding hydrogens is 574 g/mol. The van der Waals surface area contributed by atoms with Gasteiger partial charge in [0.1, 0.15) is 17.3 Å². The van der Waals surface area contributed by atoms with E-state index in [-0.39, 0.29) is 35.2 Å². The molecule has 0 radical (unpaired) electrons. The molecule has 1 saturated carbocycles. The van der Waals surface area contributed by atoms with Crippen LogP contribution in [0.1, 0.15) is 66.1 Å². The third kappa shape index (κ3) is 4.87. The molecule has 3 atom stereocenters. The van der Waals surface area contributed by atoms with Crippen LogP contribution in [0.5, 0.6) is 0 Å². The number of ether oxygens (including phenoxy) is 1. The first kappa shape index (κ1) is 26.4. The van der Waals surface area contributed by atoms with Crippen molar-refractivity contribution in [3.8, 4) is 22.7 Å². The molecule has 2 aromatic heterocycles. The van der Waals surface area contributed by atoms with Crippen molar-refractivity contribution in [2.75, 3.05) is 4.90 Å². The van der Waals surface area contributed by atoms with Gasteiger partial charge in [-0.1, -0.05) is 34.4 Å². The van der Waals surface area contributed by atoms with E-state index in [1.165, 1.54) is 12.1 Å². The molecule has 4 heterocycles. The van der Waals surface area contributed by atoms with E-state index in [2.05, 4.69) is 20.2 Å². The van der Waals surface area contributed by atoms with Gasteiger partial charge in [0, 0.05) is 29.1 Å². The maximum Gasteiger partial charge on any atom is 0.335 e. The van der Waals surface area contributed by atoms with Crippen LogP contribution >= 0.6 is 23.2 Å². The van der Waals surface area contributed by atoms with Gasteiger partial charge >= 0.3 is 5.97 Å². The first-order valence-electron chi connectivity index (χ1n) is 13.6. The number of carboxylic acid groups (broad SMARTS) is 1. The summed E-state index contributed by atoms with van der Waals surface area (Å²) in [5, 5.41) is 18.6. The number of carbonyl (C=O) groups is 1. The number of hydrogen-bond acceptors (Lipinski definition) is 8. The minimum Gasteiger partial charge on any atom is -0.478 e. The Morgan fingerprint density at radius 2 is 1.78 bits per heavy atom. The van der Waals surface area contributed by atoms with Gasteiger partial charge in [-0.2, -0.15) is 4.98 Å². The van der Waals surface area contributed by atoms with Crippen molar-refractivity contribution in [1.29, 1.82) is 0 Å². The van der Waals surface area contributed by atoms with E-state index < -0.39 is 11.8 Å². The van der Waals surface area contributed by atoms with Crippen LogP contribution in [-0.4, -0.2) is 44.6 Å².